The zero-order chi connectivity index (χ0) is 24.1. The first-order valence-electron chi connectivity index (χ1n) is 11.9. The van der Waals surface area contributed by atoms with Crippen molar-refractivity contribution in [3.8, 4) is 0 Å². The van der Waals surface area contributed by atoms with Gasteiger partial charge in [0.2, 0.25) is 17.7 Å². The molecule has 0 aromatic heterocycles. The molecule has 2 aliphatic heterocycles. The molecule has 0 unspecified atom stereocenters. The third kappa shape index (κ3) is 5.94. The van der Waals surface area contributed by atoms with Crippen LogP contribution in [-0.4, -0.2) is 79.4 Å². The number of hydrogen-bond donors (Lipinski definition) is 2. The highest BCUT2D eigenvalue weighted by Crippen LogP contribution is 2.18. The molecule has 4 rings (SSSR count). The van der Waals surface area contributed by atoms with Gasteiger partial charge in [0.05, 0.1) is 13.0 Å². The van der Waals surface area contributed by atoms with E-state index in [-0.39, 0.29) is 30.7 Å². The monoisotopic (exact) mass is 463 g/mol. The van der Waals surface area contributed by atoms with Crippen molar-refractivity contribution >= 4 is 29.1 Å². The highest BCUT2D eigenvalue weighted by Gasteiger charge is 2.35. The SMILES string of the molecule is Cc1cc(C)cc(NC(=O)C[C@@H]2C(=O)NCCN2C(=O)CN2CCN(c3ccccc3)CC2)c1. The third-order valence-corrected chi connectivity index (χ3v) is 6.39. The first kappa shape index (κ1) is 23.8. The number of amides is 3. The van der Waals surface area contributed by atoms with E-state index in [0.717, 1.165) is 37.3 Å². The summed E-state index contributed by atoms with van der Waals surface area (Å²) < 4.78 is 0. The minimum atomic E-state index is -0.794. The number of hydrogen-bond acceptors (Lipinski definition) is 5. The van der Waals surface area contributed by atoms with Crippen LogP contribution in [0, 0.1) is 13.8 Å². The van der Waals surface area contributed by atoms with E-state index >= 15 is 0 Å². The number of aryl methyl sites for hydroxylation is 2. The number of piperazine rings is 2. The smallest absolute Gasteiger partial charge is 0.243 e. The molecule has 0 bridgehead atoms. The zero-order valence-electron chi connectivity index (χ0n) is 19.9. The molecule has 2 aromatic rings. The van der Waals surface area contributed by atoms with Crippen molar-refractivity contribution in [2.45, 2.75) is 26.3 Å². The van der Waals surface area contributed by atoms with Gasteiger partial charge in [-0.25, -0.2) is 0 Å². The van der Waals surface area contributed by atoms with E-state index in [1.165, 1.54) is 5.69 Å². The van der Waals surface area contributed by atoms with Crippen molar-refractivity contribution in [1.29, 1.82) is 0 Å². The van der Waals surface area contributed by atoms with E-state index in [1.54, 1.807) is 4.90 Å². The number of benzene rings is 2. The van der Waals surface area contributed by atoms with Crippen LogP contribution in [0.5, 0.6) is 0 Å². The first-order valence-corrected chi connectivity index (χ1v) is 11.9. The number of rotatable bonds is 6. The van der Waals surface area contributed by atoms with Gasteiger partial charge in [-0.3, -0.25) is 19.3 Å². The number of carbonyl (C=O) groups excluding carboxylic acids is 3. The van der Waals surface area contributed by atoms with E-state index in [9.17, 15) is 14.4 Å². The van der Waals surface area contributed by atoms with Gasteiger partial charge in [0.1, 0.15) is 6.04 Å². The van der Waals surface area contributed by atoms with Gasteiger partial charge in [-0.1, -0.05) is 24.3 Å². The van der Waals surface area contributed by atoms with E-state index < -0.39 is 6.04 Å². The Morgan fingerprint density at radius 2 is 1.65 bits per heavy atom. The first-order chi connectivity index (χ1) is 16.4. The maximum absolute atomic E-state index is 13.2. The summed E-state index contributed by atoms with van der Waals surface area (Å²) in [5, 5.41) is 5.68. The van der Waals surface area contributed by atoms with Crippen LogP contribution in [0.25, 0.3) is 0 Å². The van der Waals surface area contributed by atoms with Crippen molar-refractivity contribution < 1.29 is 14.4 Å². The van der Waals surface area contributed by atoms with Gasteiger partial charge in [0, 0.05) is 50.6 Å². The second-order valence-electron chi connectivity index (χ2n) is 9.12. The largest absolute Gasteiger partial charge is 0.369 e. The minimum Gasteiger partial charge on any atom is -0.369 e. The lowest BCUT2D eigenvalue weighted by atomic mass is 10.1. The Balaban J connectivity index is 1.33. The quantitative estimate of drug-likeness (QED) is 0.682. The Bertz CT molecular complexity index is 1010. The highest BCUT2D eigenvalue weighted by molar-refractivity contribution is 5.97. The molecule has 0 spiro atoms. The number of nitrogens with zero attached hydrogens (tertiary/aromatic N) is 3. The van der Waals surface area contributed by atoms with Crippen molar-refractivity contribution in [1.82, 2.24) is 15.1 Å². The van der Waals surface area contributed by atoms with Crippen molar-refractivity contribution in [3.05, 3.63) is 59.7 Å². The Kier molecular flexibility index (Phi) is 7.47. The van der Waals surface area contributed by atoms with Crippen LogP contribution >= 0.6 is 0 Å². The van der Waals surface area contributed by atoms with Crippen LogP contribution in [0.1, 0.15) is 17.5 Å². The molecule has 0 aliphatic carbocycles. The van der Waals surface area contributed by atoms with Crippen LogP contribution in [-0.2, 0) is 14.4 Å². The molecule has 2 aromatic carbocycles. The molecule has 0 radical (unpaired) electrons. The van der Waals surface area contributed by atoms with Crippen molar-refractivity contribution in [3.63, 3.8) is 0 Å². The molecule has 34 heavy (non-hydrogen) atoms. The summed E-state index contributed by atoms with van der Waals surface area (Å²) in [6, 6.07) is 15.3. The highest BCUT2D eigenvalue weighted by atomic mass is 16.2. The maximum atomic E-state index is 13.2. The van der Waals surface area contributed by atoms with Crippen LogP contribution in [0.2, 0.25) is 0 Å². The van der Waals surface area contributed by atoms with Crippen LogP contribution in [0.15, 0.2) is 48.5 Å². The topological polar surface area (TPSA) is 85.0 Å². The van der Waals surface area contributed by atoms with Crippen LogP contribution < -0.4 is 15.5 Å². The van der Waals surface area contributed by atoms with Gasteiger partial charge >= 0.3 is 0 Å². The summed E-state index contributed by atoms with van der Waals surface area (Å²) in [5.74, 6) is -0.655. The average Bonchev–Trinajstić information content (AvgIpc) is 2.80. The standard InChI is InChI=1S/C26H33N5O3/c1-19-14-20(2)16-21(15-19)28-24(32)17-23-26(34)27-8-9-31(23)25(33)18-29-10-12-30(13-11-29)22-6-4-3-5-7-22/h3-7,14-16,23H,8-13,17-18H2,1-2H3,(H,27,34)(H,28,32)/t23-/m1/s1. The molecule has 3 amide bonds. The van der Waals surface area contributed by atoms with Gasteiger partial charge in [0.25, 0.3) is 0 Å². The summed E-state index contributed by atoms with van der Waals surface area (Å²) in [6.07, 6.45) is -0.0631. The van der Waals surface area contributed by atoms with Gasteiger partial charge < -0.3 is 20.4 Å². The summed E-state index contributed by atoms with van der Waals surface area (Å²) >= 11 is 0. The lowest BCUT2D eigenvalue weighted by Gasteiger charge is -2.39. The molecule has 2 saturated heterocycles. The Morgan fingerprint density at radius 1 is 0.971 bits per heavy atom. The number of anilines is 2. The molecule has 8 nitrogen and oxygen atoms in total. The average molecular weight is 464 g/mol. The van der Waals surface area contributed by atoms with Crippen molar-refractivity contribution in [2.24, 2.45) is 0 Å². The Morgan fingerprint density at radius 3 is 2.32 bits per heavy atom. The fourth-order valence-corrected chi connectivity index (χ4v) is 4.74. The third-order valence-electron chi connectivity index (χ3n) is 6.39. The molecule has 2 N–H and O–H groups in total. The van der Waals surface area contributed by atoms with Crippen molar-refractivity contribution in [2.75, 3.05) is 56.0 Å². The second kappa shape index (κ2) is 10.7. The molecule has 2 heterocycles. The maximum Gasteiger partial charge on any atom is 0.243 e. The van der Waals surface area contributed by atoms with E-state index in [1.807, 2.05) is 50.2 Å². The second-order valence-corrected chi connectivity index (χ2v) is 9.12. The molecule has 0 saturated carbocycles. The van der Waals surface area contributed by atoms with Crippen LogP contribution in [0.4, 0.5) is 11.4 Å². The molecule has 180 valence electrons. The van der Waals surface area contributed by atoms with Crippen LogP contribution in [0.3, 0.4) is 0 Å². The fraction of sp³-hybridized carbons (Fsp3) is 0.423. The normalized spacial score (nSPS) is 19.0. The summed E-state index contributed by atoms with van der Waals surface area (Å²) in [7, 11) is 0. The zero-order valence-corrected chi connectivity index (χ0v) is 19.9. The lowest BCUT2D eigenvalue weighted by molar-refractivity contribution is -0.145. The summed E-state index contributed by atoms with van der Waals surface area (Å²) in [4.78, 5) is 44.5. The molecule has 2 aliphatic rings. The Hall–Kier alpha value is -3.39. The molecular formula is C26H33N5O3. The predicted octanol–water partition coefficient (Wildman–Crippen LogP) is 1.78. The molecule has 1 atom stereocenters. The summed E-state index contributed by atoms with van der Waals surface area (Å²) in [5.41, 5.74) is 3.99. The molecule has 2 fully saturated rings. The van der Waals surface area contributed by atoms with Gasteiger partial charge in [-0.05, 0) is 49.2 Å². The van der Waals surface area contributed by atoms with E-state index in [4.69, 9.17) is 0 Å². The molecule has 8 heteroatoms. The van der Waals surface area contributed by atoms with Gasteiger partial charge in [0.15, 0.2) is 0 Å². The van der Waals surface area contributed by atoms with Gasteiger partial charge in [-0.15, -0.1) is 0 Å². The number of para-hydroxylation sites is 1. The predicted molar refractivity (Wildman–Crippen MR) is 133 cm³/mol. The van der Waals surface area contributed by atoms with E-state index in [0.29, 0.717) is 18.8 Å². The number of carbonyl (C=O) groups is 3. The Labute approximate surface area is 200 Å². The fourth-order valence-electron chi connectivity index (χ4n) is 4.74. The van der Waals surface area contributed by atoms with Gasteiger partial charge in [-0.2, -0.15) is 0 Å². The molecular weight excluding hydrogens is 430 g/mol. The van der Waals surface area contributed by atoms with E-state index in [2.05, 4.69) is 32.6 Å². The summed E-state index contributed by atoms with van der Waals surface area (Å²) in [6.45, 7) is 8.26. The number of nitrogens with one attached hydrogen (secondary N) is 2. The minimum absolute atomic E-state index is 0.0631. The lowest BCUT2D eigenvalue weighted by Crippen LogP contribution is -2.60.